The van der Waals surface area contributed by atoms with Gasteiger partial charge in [0, 0.05) is 31.0 Å². The first kappa shape index (κ1) is 16.8. The van der Waals surface area contributed by atoms with Gasteiger partial charge in [0.05, 0.1) is 6.10 Å². The fourth-order valence-corrected chi connectivity index (χ4v) is 4.20. The lowest BCUT2D eigenvalue weighted by Gasteiger charge is -2.61. The SMILES string of the molecule is CC(C)CN(CC(C)C)C(=O)C1(N)C2CCOC2C1(C)C. The predicted molar refractivity (Wildman–Crippen MR) is 84.8 cm³/mol. The second-order valence-electron chi connectivity index (χ2n) is 8.28. The molecular formula is C17H32N2O2. The van der Waals surface area contributed by atoms with Crippen molar-refractivity contribution in [3.63, 3.8) is 0 Å². The number of amides is 1. The zero-order valence-electron chi connectivity index (χ0n) is 14.5. The van der Waals surface area contributed by atoms with E-state index in [1.807, 2.05) is 4.90 Å². The first-order valence-corrected chi connectivity index (χ1v) is 8.32. The zero-order chi connectivity index (χ0) is 16.0. The van der Waals surface area contributed by atoms with Crippen LogP contribution in [0.4, 0.5) is 0 Å². The third-order valence-electron chi connectivity index (χ3n) is 5.27. The van der Waals surface area contributed by atoms with Crippen molar-refractivity contribution in [2.24, 2.45) is 28.9 Å². The van der Waals surface area contributed by atoms with E-state index in [0.717, 1.165) is 26.1 Å². The van der Waals surface area contributed by atoms with Gasteiger partial charge in [0.1, 0.15) is 5.54 Å². The first-order valence-electron chi connectivity index (χ1n) is 8.32. The standard InChI is InChI=1S/C17H32N2O2/c1-11(2)9-19(10-12(3)4)15(20)17(18)13-7-8-21-14(13)16(17,5)6/h11-14H,7-10,18H2,1-6H3. The van der Waals surface area contributed by atoms with Gasteiger partial charge in [0.25, 0.3) is 0 Å². The third kappa shape index (κ3) is 2.50. The highest BCUT2D eigenvalue weighted by Gasteiger charge is 2.71. The highest BCUT2D eigenvalue weighted by molar-refractivity contribution is 5.89. The minimum atomic E-state index is -0.766. The summed E-state index contributed by atoms with van der Waals surface area (Å²) in [6.45, 7) is 15.1. The van der Waals surface area contributed by atoms with Crippen molar-refractivity contribution in [1.82, 2.24) is 4.90 Å². The molecule has 3 atom stereocenters. The maximum Gasteiger partial charge on any atom is 0.243 e. The molecule has 0 aromatic carbocycles. The van der Waals surface area contributed by atoms with Crippen LogP contribution >= 0.6 is 0 Å². The van der Waals surface area contributed by atoms with E-state index in [2.05, 4.69) is 41.5 Å². The molecule has 4 nitrogen and oxygen atoms in total. The van der Waals surface area contributed by atoms with Gasteiger partial charge in [0.2, 0.25) is 5.91 Å². The Morgan fingerprint density at radius 1 is 1.24 bits per heavy atom. The summed E-state index contributed by atoms with van der Waals surface area (Å²) in [6.07, 6.45) is 1.06. The van der Waals surface area contributed by atoms with Crippen molar-refractivity contribution in [3.8, 4) is 0 Å². The van der Waals surface area contributed by atoms with Gasteiger partial charge in [-0.15, -0.1) is 0 Å². The number of fused-ring (bicyclic) bond motifs is 1. The van der Waals surface area contributed by atoms with Crippen LogP contribution in [0, 0.1) is 23.2 Å². The average Bonchev–Trinajstić information content (AvgIpc) is 2.83. The highest BCUT2D eigenvalue weighted by atomic mass is 16.5. The summed E-state index contributed by atoms with van der Waals surface area (Å²) in [5.74, 6) is 1.22. The molecule has 3 unspecified atom stereocenters. The number of hydrogen-bond donors (Lipinski definition) is 1. The van der Waals surface area contributed by atoms with Crippen LogP contribution in [0.1, 0.15) is 48.0 Å². The van der Waals surface area contributed by atoms with Gasteiger partial charge >= 0.3 is 0 Å². The molecule has 21 heavy (non-hydrogen) atoms. The molecule has 0 aromatic rings. The molecule has 1 aliphatic carbocycles. The molecule has 1 saturated carbocycles. The number of ether oxygens (including phenoxy) is 1. The Balaban J connectivity index is 2.22. The Labute approximate surface area is 129 Å². The number of nitrogens with zero attached hydrogens (tertiary/aromatic N) is 1. The third-order valence-corrected chi connectivity index (χ3v) is 5.27. The largest absolute Gasteiger partial charge is 0.377 e. The minimum absolute atomic E-state index is 0.127. The van der Waals surface area contributed by atoms with Gasteiger partial charge < -0.3 is 15.4 Å². The molecule has 2 fully saturated rings. The van der Waals surface area contributed by atoms with Gasteiger partial charge in [-0.1, -0.05) is 41.5 Å². The van der Waals surface area contributed by atoms with E-state index >= 15 is 0 Å². The number of nitrogens with two attached hydrogens (primary N) is 1. The summed E-state index contributed by atoms with van der Waals surface area (Å²) >= 11 is 0. The van der Waals surface area contributed by atoms with Crippen LogP contribution in [-0.4, -0.2) is 42.1 Å². The van der Waals surface area contributed by atoms with Crippen LogP contribution in [0.2, 0.25) is 0 Å². The van der Waals surface area contributed by atoms with E-state index in [1.165, 1.54) is 0 Å². The molecule has 2 aliphatic rings. The first-order chi connectivity index (χ1) is 9.62. The average molecular weight is 296 g/mol. The van der Waals surface area contributed by atoms with Gasteiger partial charge in [-0.25, -0.2) is 0 Å². The smallest absolute Gasteiger partial charge is 0.243 e. The van der Waals surface area contributed by atoms with Crippen molar-refractivity contribution in [2.45, 2.75) is 59.6 Å². The van der Waals surface area contributed by atoms with Crippen LogP contribution in [0.15, 0.2) is 0 Å². The van der Waals surface area contributed by atoms with Crippen molar-refractivity contribution in [2.75, 3.05) is 19.7 Å². The van der Waals surface area contributed by atoms with E-state index in [0.29, 0.717) is 11.8 Å². The minimum Gasteiger partial charge on any atom is -0.377 e. The van der Waals surface area contributed by atoms with E-state index in [-0.39, 0.29) is 23.3 Å². The second kappa shape index (κ2) is 5.54. The summed E-state index contributed by atoms with van der Waals surface area (Å²) in [6, 6.07) is 0. The topological polar surface area (TPSA) is 55.6 Å². The van der Waals surface area contributed by atoms with Crippen molar-refractivity contribution in [3.05, 3.63) is 0 Å². The second-order valence-corrected chi connectivity index (χ2v) is 8.28. The normalized spacial score (nSPS) is 34.0. The quantitative estimate of drug-likeness (QED) is 0.846. The molecule has 1 heterocycles. The number of carbonyl (C=O) groups is 1. The Kier molecular flexibility index (Phi) is 4.42. The van der Waals surface area contributed by atoms with Crippen LogP contribution in [0.3, 0.4) is 0 Å². The van der Waals surface area contributed by atoms with Crippen molar-refractivity contribution in [1.29, 1.82) is 0 Å². The van der Waals surface area contributed by atoms with Crippen LogP contribution in [-0.2, 0) is 9.53 Å². The predicted octanol–water partition coefficient (Wildman–Crippen LogP) is 2.27. The Bertz CT molecular complexity index is 396. The monoisotopic (exact) mass is 296 g/mol. The summed E-state index contributed by atoms with van der Waals surface area (Å²) in [4.78, 5) is 15.2. The molecule has 2 N–H and O–H groups in total. The van der Waals surface area contributed by atoms with Gasteiger partial charge in [-0.3, -0.25) is 4.79 Å². The summed E-state index contributed by atoms with van der Waals surface area (Å²) in [5.41, 5.74) is 5.64. The Morgan fingerprint density at radius 2 is 1.76 bits per heavy atom. The van der Waals surface area contributed by atoms with Gasteiger partial charge in [0.15, 0.2) is 0 Å². The Hall–Kier alpha value is -0.610. The van der Waals surface area contributed by atoms with Crippen LogP contribution in [0.25, 0.3) is 0 Å². The lowest BCUT2D eigenvalue weighted by Crippen LogP contribution is -2.80. The molecule has 1 aliphatic heterocycles. The molecule has 0 bridgehead atoms. The lowest BCUT2D eigenvalue weighted by atomic mass is 9.47. The number of carbonyl (C=O) groups excluding carboxylic acids is 1. The van der Waals surface area contributed by atoms with Crippen LogP contribution < -0.4 is 5.73 Å². The van der Waals surface area contributed by atoms with Crippen molar-refractivity contribution >= 4 is 5.91 Å². The number of hydrogen-bond acceptors (Lipinski definition) is 3. The molecule has 0 aromatic heterocycles. The molecule has 1 saturated heterocycles. The molecule has 4 heteroatoms. The summed E-state index contributed by atoms with van der Waals surface area (Å²) < 4.78 is 5.80. The van der Waals surface area contributed by atoms with Gasteiger partial charge in [-0.05, 0) is 18.3 Å². The number of rotatable bonds is 5. The molecule has 122 valence electrons. The van der Waals surface area contributed by atoms with E-state index in [1.54, 1.807) is 0 Å². The zero-order valence-corrected chi connectivity index (χ0v) is 14.5. The maximum atomic E-state index is 13.2. The van der Waals surface area contributed by atoms with Gasteiger partial charge in [-0.2, -0.15) is 0 Å². The molecule has 2 rings (SSSR count). The fraction of sp³-hybridized carbons (Fsp3) is 0.941. The van der Waals surface area contributed by atoms with Crippen LogP contribution in [0.5, 0.6) is 0 Å². The Morgan fingerprint density at radius 3 is 2.24 bits per heavy atom. The molecule has 1 amide bonds. The highest BCUT2D eigenvalue weighted by Crippen LogP contribution is 2.58. The van der Waals surface area contributed by atoms with Crippen molar-refractivity contribution < 1.29 is 9.53 Å². The maximum absolute atomic E-state index is 13.2. The summed E-state index contributed by atoms with van der Waals surface area (Å²) in [5, 5.41) is 0. The summed E-state index contributed by atoms with van der Waals surface area (Å²) in [7, 11) is 0. The fourth-order valence-electron chi connectivity index (χ4n) is 4.20. The van der Waals surface area contributed by atoms with E-state index < -0.39 is 5.54 Å². The molecule has 0 radical (unpaired) electrons. The lowest BCUT2D eigenvalue weighted by molar-refractivity contribution is -0.185. The van der Waals surface area contributed by atoms with E-state index in [4.69, 9.17) is 10.5 Å². The molecule has 0 spiro atoms. The molecular weight excluding hydrogens is 264 g/mol. The van der Waals surface area contributed by atoms with E-state index in [9.17, 15) is 4.79 Å².